The van der Waals surface area contributed by atoms with Gasteiger partial charge in [-0.1, -0.05) is 47.6 Å². The number of esters is 1. The molecule has 0 spiro atoms. The van der Waals surface area contributed by atoms with Gasteiger partial charge in [0.05, 0.1) is 40.0 Å². The zero-order valence-electron chi connectivity index (χ0n) is 19.0. The summed E-state index contributed by atoms with van der Waals surface area (Å²) >= 11 is 9.23. The molecule has 0 radical (unpaired) electrons. The van der Waals surface area contributed by atoms with E-state index >= 15 is 0 Å². The zero-order chi connectivity index (χ0) is 25.7. The first kappa shape index (κ1) is 25.3. The number of thiophene rings is 1. The van der Waals surface area contributed by atoms with E-state index < -0.39 is 11.9 Å². The number of halogens is 1. The Balaban J connectivity index is 1.78. The largest absolute Gasteiger partial charge is 0.463 e. The van der Waals surface area contributed by atoms with Crippen LogP contribution in [-0.4, -0.2) is 23.3 Å². The van der Waals surface area contributed by atoms with Crippen molar-refractivity contribution in [3.63, 3.8) is 0 Å². The number of thioether (sulfide) groups is 1. The second kappa shape index (κ2) is 11.3. The number of allylic oxidation sites excluding steroid dienone is 1. The lowest BCUT2D eigenvalue weighted by Crippen LogP contribution is -2.27. The van der Waals surface area contributed by atoms with E-state index in [4.69, 9.17) is 26.8 Å². The van der Waals surface area contributed by atoms with E-state index in [9.17, 15) is 15.3 Å². The number of nitriles is 2. The monoisotopic (exact) mass is 534 g/mol. The Hall–Kier alpha value is -3.76. The number of aromatic nitrogens is 1. The average molecular weight is 535 g/mol. The lowest BCUT2D eigenvalue weighted by atomic mass is 9.83. The topological polar surface area (TPSA) is 122 Å². The van der Waals surface area contributed by atoms with Gasteiger partial charge in [-0.25, -0.2) is 9.78 Å². The number of hydrogen-bond donors (Lipinski definition) is 1. The van der Waals surface area contributed by atoms with Crippen molar-refractivity contribution in [2.24, 2.45) is 5.73 Å². The second-order valence-corrected chi connectivity index (χ2v) is 9.75. The molecule has 0 bridgehead atoms. The number of carbonyl (C=O) groups excluding carboxylic acids is 1. The van der Waals surface area contributed by atoms with Crippen molar-refractivity contribution in [2.45, 2.75) is 17.9 Å². The van der Waals surface area contributed by atoms with E-state index in [1.165, 1.54) is 11.8 Å². The highest BCUT2D eigenvalue weighted by molar-refractivity contribution is 7.99. The van der Waals surface area contributed by atoms with Gasteiger partial charge in [-0.3, -0.25) is 0 Å². The van der Waals surface area contributed by atoms with Crippen LogP contribution in [-0.2, 0) is 14.3 Å². The molecule has 2 N–H and O–H groups in total. The summed E-state index contributed by atoms with van der Waals surface area (Å²) in [5.74, 6) is -1.30. The molecule has 0 unspecified atom stereocenters. The van der Waals surface area contributed by atoms with Crippen molar-refractivity contribution in [2.75, 3.05) is 12.4 Å². The third kappa shape index (κ3) is 5.09. The molecule has 0 fully saturated rings. The van der Waals surface area contributed by atoms with Gasteiger partial charge in [0, 0.05) is 5.02 Å². The number of benzene rings is 1. The number of nitrogens with zero attached hydrogens (tertiary/aromatic N) is 3. The predicted octanol–water partition coefficient (Wildman–Crippen LogP) is 5.75. The minimum atomic E-state index is -0.868. The molecule has 180 valence electrons. The first-order chi connectivity index (χ1) is 17.5. The second-order valence-electron chi connectivity index (χ2n) is 7.43. The van der Waals surface area contributed by atoms with E-state index in [1.807, 2.05) is 17.5 Å². The maximum atomic E-state index is 13.2. The number of nitrogens with two attached hydrogens (primary N) is 1. The molecule has 1 atom stereocenters. The van der Waals surface area contributed by atoms with Gasteiger partial charge in [0.25, 0.3) is 0 Å². The summed E-state index contributed by atoms with van der Waals surface area (Å²) in [5, 5.41) is 22.3. The van der Waals surface area contributed by atoms with Gasteiger partial charge in [0.15, 0.2) is 0 Å². The summed E-state index contributed by atoms with van der Waals surface area (Å²) in [7, 11) is 0. The number of pyridine rings is 1. The van der Waals surface area contributed by atoms with E-state index in [1.54, 1.807) is 54.7 Å². The molecule has 3 aromatic rings. The molecular weight excluding hydrogens is 516 g/mol. The van der Waals surface area contributed by atoms with Gasteiger partial charge in [0.2, 0.25) is 5.88 Å². The van der Waals surface area contributed by atoms with E-state index in [-0.39, 0.29) is 35.1 Å². The maximum absolute atomic E-state index is 13.2. The highest BCUT2D eigenvalue weighted by Gasteiger charge is 2.38. The molecule has 2 aromatic heterocycles. The smallest absolute Gasteiger partial charge is 0.338 e. The van der Waals surface area contributed by atoms with Crippen LogP contribution < -0.4 is 5.73 Å². The number of hydrogen-bond acceptors (Lipinski definition) is 9. The minimum Gasteiger partial charge on any atom is -0.463 e. The maximum Gasteiger partial charge on any atom is 0.338 e. The molecule has 1 aliphatic rings. The van der Waals surface area contributed by atoms with Crippen LogP contribution in [0.1, 0.15) is 24.0 Å². The number of carbonyl (C=O) groups is 1. The average Bonchev–Trinajstić information content (AvgIpc) is 3.42. The fourth-order valence-corrected chi connectivity index (χ4v) is 5.56. The molecular formula is C26H19ClN4O3S2. The van der Waals surface area contributed by atoms with Gasteiger partial charge in [-0.2, -0.15) is 10.5 Å². The van der Waals surface area contributed by atoms with Crippen molar-refractivity contribution in [1.29, 1.82) is 10.5 Å². The Kier molecular flexibility index (Phi) is 7.97. The van der Waals surface area contributed by atoms with Crippen molar-refractivity contribution >= 4 is 40.7 Å². The van der Waals surface area contributed by atoms with Gasteiger partial charge in [0.1, 0.15) is 28.5 Å². The molecule has 0 saturated heterocycles. The summed E-state index contributed by atoms with van der Waals surface area (Å²) in [6, 6.07) is 18.5. The van der Waals surface area contributed by atoms with Crippen molar-refractivity contribution in [3.05, 3.63) is 92.8 Å². The summed E-state index contributed by atoms with van der Waals surface area (Å²) in [6.07, 6.45) is 0. The normalized spacial score (nSPS) is 15.2. The first-order valence-corrected chi connectivity index (χ1v) is 13.0. The van der Waals surface area contributed by atoms with Crippen LogP contribution in [0, 0.1) is 22.7 Å². The Morgan fingerprint density at radius 1 is 1.22 bits per heavy atom. The Morgan fingerprint density at radius 3 is 2.69 bits per heavy atom. The molecule has 7 nitrogen and oxygen atoms in total. The van der Waals surface area contributed by atoms with Gasteiger partial charge >= 0.3 is 5.97 Å². The van der Waals surface area contributed by atoms with Crippen molar-refractivity contribution < 1.29 is 14.3 Å². The lowest BCUT2D eigenvalue weighted by Gasteiger charge is -2.28. The number of ether oxygens (including phenoxy) is 2. The van der Waals surface area contributed by atoms with E-state index in [0.29, 0.717) is 21.2 Å². The van der Waals surface area contributed by atoms with Crippen LogP contribution >= 0.6 is 34.7 Å². The van der Waals surface area contributed by atoms with Gasteiger partial charge < -0.3 is 15.2 Å². The Labute approximate surface area is 221 Å². The van der Waals surface area contributed by atoms with E-state index in [2.05, 4.69) is 17.1 Å². The molecule has 1 aliphatic heterocycles. The van der Waals surface area contributed by atoms with E-state index in [0.717, 1.165) is 10.6 Å². The van der Waals surface area contributed by atoms with Crippen LogP contribution in [0.15, 0.2) is 81.7 Å². The van der Waals surface area contributed by atoms with Crippen LogP contribution in [0.2, 0.25) is 5.02 Å². The summed E-state index contributed by atoms with van der Waals surface area (Å²) in [6.45, 7) is 1.82. The molecule has 3 heterocycles. The molecule has 4 rings (SSSR count). The van der Waals surface area contributed by atoms with Crippen LogP contribution in [0.4, 0.5) is 0 Å². The summed E-state index contributed by atoms with van der Waals surface area (Å²) in [4.78, 5) is 18.8. The quantitative estimate of drug-likeness (QED) is 0.300. The highest BCUT2D eigenvalue weighted by Crippen LogP contribution is 2.43. The Morgan fingerprint density at radius 2 is 2.03 bits per heavy atom. The Bertz CT molecular complexity index is 1450. The van der Waals surface area contributed by atoms with Crippen molar-refractivity contribution in [3.8, 4) is 22.7 Å². The van der Waals surface area contributed by atoms with Crippen LogP contribution in [0.3, 0.4) is 0 Å². The van der Waals surface area contributed by atoms with Gasteiger partial charge in [-0.05, 0) is 42.1 Å². The molecule has 1 aromatic carbocycles. The third-order valence-electron chi connectivity index (χ3n) is 5.30. The third-order valence-corrected chi connectivity index (χ3v) is 7.53. The number of rotatable bonds is 7. The first-order valence-electron chi connectivity index (χ1n) is 10.8. The molecule has 36 heavy (non-hydrogen) atoms. The van der Waals surface area contributed by atoms with Crippen molar-refractivity contribution in [1.82, 2.24) is 4.98 Å². The van der Waals surface area contributed by atoms with Crippen LogP contribution in [0.25, 0.3) is 10.6 Å². The summed E-state index contributed by atoms with van der Waals surface area (Å²) in [5.41, 5.74) is 7.99. The SMILES string of the molecule is CCOC(=O)C1=C(CSc2nc(-c3cccs3)ccc2C#N)OC(N)=C(C#N)[C@@H]1c1ccccc1Cl. The molecule has 0 aliphatic carbocycles. The zero-order valence-corrected chi connectivity index (χ0v) is 21.4. The molecule has 0 amide bonds. The van der Waals surface area contributed by atoms with Crippen LogP contribution in [0.5, 0.6) is 0 Å². The predicted molar refractivity (Wildman–Crippen MR) is 139 cm³/mol. The minimum absolute atomic E-state index is 0.0652. The standard InChI is InChI=1S/C26H19ClN4O3S2/c1-2-33-26(32)23-20(34-24(30)17(13-29)22(23)16-6-3-4-7-18(16)27)14-36-25-15(12-28)9-10-19(31-25)21-8-5-11-35-21/h3-11,22H,2,14,30H2,1H3/t22-/m0/s1. The van der Waals surface area contributed by atoms with Gasteiger partial charge in [-0.15, -0.1) is 11.3 Å². The molecule has 10 heteroatoms. The summed E-state index contributed by atoms with van der Waals surface area (Å²) < 4.78 is 11.1. The highest BCUT2D eigenvalue weighted by atomic mass is 35.5. The fraction of sp³-hybridized carbons (Fsp3) is 0.154. The lowest BCUT2D eigenvalue weighted by molar-refractivity contribution is -0.139. The fourth-order valence-electron chi connectivity index (χ4n) is 3.71. The molecule has 0 saturated carbocycles.